The second-order valence-corrected chi connectivity index (χ2v) is 5.05. The molecule has 0 N–H and O–H groups in total. The van der Waals surface area contributed by atoms with E-state index < -0.39 is 0 Å². The average molecular weight is 271 g/mol. The Morgan fingerprint density at radius 3 is 2.70 bits per heavy atom. The highest BCUT2D eigenvalue weighted by Crippen LogP contribution is 2.15. The van der Waals surface area contributed by atoms with Crippen LogP contribution < -0.4 is 0 Å². The summed E-state index contributed by atoms with van der Waals surface area (Å²) in [6, 6.07) is 4.13. The first kappa shape index (κ1) is 14.4. The van der Waals surface area contributed by atoms with E-state index in [2.05, 4.69) is 23.9 Å². The first-order valence-corrected chi connectivity index (χ1v) is 7.13. The first-order valence-electron chi connectivity index (χ1n) is 7.13. The van der Waals surface area contributed by atoms with Crippen molar-refractivity contribution in [1.82, 2.24) is 14.8 Å². The van der Waals surface area contributed by atoms with Gasteiger partial charge in [0.1, 0.15) is 0 Å². The Morgan fingerprint density at radius 1 is 1.30 bits per heavy atom. The molecule has 0 aliphatic carbocycles. The second kappa shape index (κ2) is 6.46. The van der Waals surface area contributed by atoms with Crippen molar-refractivity contribution in [2.24, 2.45) is 0 Å². The predicted molar refractivity (Wildman–Crippen MR) is 78.9 cm³/mol. The number of aryl methyl sites for hydroxylation is 1. The van der Waals surface area contributed by atoms with Gasteiger partial charge >= 0.3 is 0 Å². The number of carbonyl (C=O) groups is 1. The third-order valence-electron chi connectivity index (χ3n) is 3.64. The maximum Gasteiger partial charge on any atom is 0.169 e. The molecular formula is C16H21N3O. The number of ketones is 1. The van der Waals surface area contributed by atoms with Crippen molar-refractivity contribution in [3.8, 4) is 0 Å². The molecule has 0 saturated carbocycles. The molecule has 0 atom stereocenters. The van der Waals surface area contributed by atoms with E-state index in [1.54, 1.807) is 18.5 Å². The molecular weight excluding hydrogens is 250 g/mol. The van der Waals surface area contributed by atoms with Crippen LogP contribution in [0, 0.1) is 6.92 Å². The number of hydrogen-bond donors (Lipinski definition) is 0. The predicted octanol–water partition coefficient (Wildman–Crippen LogP) is 3.37. The molecule has 0 saturated heterocycles. The van der Waals surface area contributed by atoms with Gasteiger partial charge in [-0.25, -0.2) is 0 Å². The quantitative estimate of drug-likeness (QED) is 0.757. The largest absolute Gasteiger partial charge is 0.294 e. The molecule has 0 aliphatic rings. The SMILES string of the molecule is CCC(CC)n1ccc(CC(=O)c2ccncc2C)n1. The molecule has 0 radical (unpaired) electrons. The number of hydrogen-bond acceptors (Lipinski definition) is 3. The van der Waals surface area contributed by atoms with Crippen molar-refractivity contribution in [3.05, 3.63) is 47.5 Å². The van der Waals surface area contributed by atoms with E-state index in [0.29, 0.717) is 12.5 Å². The number of pyridine rings is 1. The fourth-order valence-corrected chi connectivity index (χ4v) is 2.38. The van der Waals surface area contributed by atoms with E-state index in [4.69, 9.17) is 0 Å². The summed E-state index contributed by atoms with van der Waals surface area (Å²) in [7, 11) is 0. The molecule has 2 rings (SSSR count). The molecule has 0 aliphatic heterocycles. The van der Waals surface area contributed by atoms with Gasteiger partial charge in [0, 0.05) is 24.2 Å². The molecule has 2 aromatic heterocycles. The zero-order valence-corrected chi connectivity index (χ0v) is 12.3. The zero-order valence-electron chi connectivity index (χ0n) is 12.3. The van der Waals surface area contributed by atoms with Gasteiger partial charge in [0.05, 0.1) is 18.2 Å². The Balaban J connectivity index is 2.11. The smallest absolute Gasteiger partial charge is 0.169 e. The van der Waals surface area contributed by atoms with E-state index >= 15 is 0 Å². The molecule has 0 aromatic carbocycles. The Kier molecular flexibility index (Phi) is 4.66. The minimum Gasteiger partial charge on any atom is -0.294 e. The van der Waals surface area contributed by atoms with Crippen LogP contribution in [0.3, 0.4) is 0 Å². The van der Waals surface area contributed by atoms with E-state index in [0.717, 1.165) is 29.7 Å². The molecule has 2 heterocycles. The number of rotatable bonds is 6. The molecule has 0 unspecified atom stereocenters. The lowest BCUT2D eigenvalue weighted by atomic mass is 10.0. The molecule has 4 heteroatoms. The first-order chi connectivity index (χ1) is 9.65. The zero-order chi connectivity index (χ0) is 14.5. The molecule has 0 spiro atoms. The van der Waals surface area contributed by atoms with E-state index in [1.807, 2.05) is 23.9 Å². The van der Waals surface area contributed by atoms with Crippen LogP contribution in [-0.2, 0) is 6.42 Å². The monoisotopic (exact) mass is 271 g/mol. The topological polar surface area (TPSA) is 47.8 Å². The summed E-state index contributed by atoms with van der Waals surface area (Å²) in [4.78, 5) is 16.3. The van der Waals surface area contributed by atoms with Crippen molar-refractivity contribution in [2.45, 2.75) is 46.1 Å². The van der Waals surface area contributed by atoms with Gasteiger partial charge in [-0.2, -0.15) is 5.10 Å². The van der Waals surface area contributed by atoms with Crippen LogP contribution in [0.2, 0.25) is 0 Å². The van der Waals surface area contributed by atoms with Crippen molar-refractivity contribution in [1.29, 1.82) is 0 Å². The van der Waals surface area contributed by atoms with Gasteiger partial charge in [0.2, 0.25) is 0 Å². The minimum absolute atomic E-state index is 0.0969. The van der Waals surface area contributed by atoms with E-state index in [1.165, 1.54) is 0 Å². The molecule has 106 valence electrons. The van der Waals surface area contributed by atoms with E-state index in [9.17, 15) is 4.79 Å². The fraction of sp³-hybridized carbons (Fsp3) is 0.438. The van der Waals surface area contributed by atoms with Crippen LogP contribution in [-0.4, -0.2) is 20.5 Å². The Bertz CT molecular complexity index is 585. The van der Waals surface area contributed by atoms with Gasteiger partial charge in [0.25, 0.3) is 0 Å². The molecule has 20 heavy (non-hydrogen) atoms. The van der Waals surface area contributed by atoms with Crippen molar-refractivity contribution >= 4 is 5.78 Å². The van der Waals surface area contributed by atoms with Crippen LogP contribution >= 0.6 is 0 Å². The number of nitrogens with zero attached hydrogens (tertiary/aromatic N) is 3. The lowest BCUT2D eigenvalue weighted by Gasteiger charge is -2.12. The standard InChI is InChI=1S/C16H21N3O/c1-4-14(5-2)19-9-7-13(18-19)10-16(20)15-6-8-17-11-12(15)3/h6-9,11,14H,4-5,10H2,1-3H3. The highest BCUT2D eigenvalue weighted by molar-refractivity contribution is 5.98. The summed E-state index contributed by atoms with van der Waals surface area (Å²) >= 11 is 0. The minimum atomic E-state index is 0.0969. The van der Waals surface area contributed by atoms with Gasteiger partial charge in [-0.05, 0) is 37.5 Å². The van der Waals surface area contributed by atoms with Crippen LogP contribution in [0.15, 0.2) is 30.7 Å². The van der Waals surface area contributed by atoms with Crippen molar-refractivity contribution in [2.75, 3.05) is 0 Å². The van der Waals surface area contributed by atoms with Crippen LogP contribution in [0.5, 0.6) is 0 Å². The average Bonchev–Trinajstić information content (AvgIpc) is 2.89. The van der Waals surface area contributed by atoms with Gasteiger partial charge in [0.15, 0.2) is 5.78 Å². The van der Waals surface area contributed by atoms with Crippen LogP contribution in [0.4, 0.5) is 0 Å². The summed E-state index contributed by atoms with van der Waals surface area (Å²) in [5.74, 6) is 0.0969. The van der Waals surface area contributed by atoms with Gasteiger partial charge in [-0.15, -0.1) is 0 Å². The second-order valence-electron chi connectivity index (χ2n) is 5.05. The third-order valence-corrected chi connectivity index (χ3v) is 3.64. The lowest BCUT2D eigenvalue weighted by Crippen LogP contribution is -2.10. The maximum absolute atomic E-state index is 12.3. The van der Waals surface area contributed by atoms with Crippen LogP contribution in [0.1, 0.15) is 54.3 Å². The van der Waals surface area contributed by atoms with Gasteiger partial charge in [-0.3, -0.25) is 14.5 Å². The number of Topliss-reactive ketones (excluding diaryl/α,β-unsaturated/α-hetero) is 1. The van der Waals surface area contributed by atoms with Crippen molar-refractivity contribution < 1.29 is 4.79 Å². The van der Waals surface area contributed by atoms with Gasteiger partial charge in [-0.1, -0.05) is 13.8 Å². The van der Waals surface area contributed by atoms with Crippen molar-refractivity contribution in [3.63, 3.8) is 0 Å². The third kappa shape index (κ3) is 3.13. The molecule has 0 bridgehead atoms. The molecule has 2 aromatic rings. The Hall–Kier alpha value is -1.97. The van der Waals surface area contributed by atoms with E-state index in [-0.39, 0.29) is 5.78 Å². The fourth-order valence-electron chi connectivity index (χ4n) is 2.38. The highest BCUT2D eigenvalue weighted by atomic mass is 16.1. The summed E-state index contributed by atoms with van der Waals surface area (Å²) in [6.07, 6.45) is 7.79. The summed E-state index contributed by atoms with van der Waals surface area (Å²) in [5.41, 5.74) is 2.48. The summed E-state index contributed by atoms with van der Waals surface area (Å²) < 4.78 is 1.97. The normalized spacial score (nSPS) is 11.0. The number of aromatic nitrogens is 3. The summed E-state index contributed by atoms with van der Waals surface area (Å²) in [6.45, 7) is 6.21. The molecule has 0 fully saturated rings. The Morgan fingerprint density at radius 2 is 2.05 bits per heavy atom. The summed E-state index contributed by atoms with van der Waals surface area (Å²) in [5, 5.41) is 4.53. The molecule has 4 nitrogen and oxygen atoms in total. The lowest BCUT2D eigenvalue weighted by molar-refractivity contribution is 0.0991. The van der Waals surface area contributed by atoms with Crippen LogP contribution in [0.25, 0.3) is 0 Å². The maximum atomic E-state index is 12.3. The van der Waals surface area contributed by atoms with Gasteiger partial charge < -0.3 is 0 Å². The Labute approximate surface area is 119 Å². The molecule has 0 amide bonds. The highest BCUT2D eigenvalue weighted by Gasteiger charge is 2.13. The number of carbonyl (C=O) groups excluding carboxylic acids is 1.